The van der Waals surface area contributed by atoms with Crippen molar-refractivity contribution in [1.29, 1.82) is 0 Å². The van der Waals surface area contributed by atoms with E-state index in [1.807, 2.05) is 6.92 Å². The number of piperidine rings is 1. The fraction of sp³-hybridized carbons (Fsp3) is 0.619. The highest BCUT2D eigenvalue weighted by molar-refractivity contribution is 5.89. The molecule has 2 N–H and O–H groups in total. The molecule has 0 aromatic heterocycles. The van der Waals surface area contributed by atoms with Gasteiger partial charge in [0, 0.05) is 19.1 Å². The lowest BCUT2D eigenvalue weighted by atomic mass is 9.82. The van der Waals surface area contributed by atoms with Crippen LogP contribution in [0, 0.1) is 17.7 Å². The number of carboxylic acids is 1. The Morgan fingerprint density at radius 1 is 1.26 bits per heavy atom. The number of rotatable bonds is 4. The van der Waals surface area contributed by atoms with E-state index in [-0.39, 0.29) is 11.8 Å². The van der Waals surface area contributed by atoms with Crippen molar-refractivity contribution in [2.24, 2.45) is 11.8 Å². The lowest BCUT2D eigenvalue weighted by Gasteiger charge is -2.40. The number of ether oxygens (including phenoxy) is 1. The molecule has 0 unspecified atom stereocenters. The average molecular weight is 448 g/mol. The molecule has 1 saturated heterocycles. The third-order valence-corrected chi connectivity index (χ3v) is 5.27. The standard InChI is InChI=1S/C21H28F4N2O4/c1-11-10-27(19(30)31-20(3,4)5)7-6-14(11)12(2)26-16-9-13(18(28)29)8-15(22)17(16)21(23,24)25/h8-9,11-12,14,26H,6-7,10H2,1-5H3,(H,28,29)/t11-,12-,14+/m0/s1. The molecular formula is C21H28F4N2O4. The molecule has 1 heterocycles. The van der Waals surface area contributed by atoms with Gasteiger partial charge in [0.15, 0.2) is 0 Å². The maximum atomic E-state index is 14.1. The van der Waals surface area contributed by atoms with Gasteiger partial charge in [0.05, 0.1) is 11.3 Å². The van der Waals surface area contributed by atoms with Crippen molar-refractivity contribution >= 4 is 17.7 Å². The molecule has 0 aliphatic carbocycles. The highest BCUT2D eigenvalue weighted by atomic mass is 19.4. The summed E-state index contributed by atoms with van der Waals surface area (Å²) in [6.07, 6.45) is -4.94. The number of aromatic carboxylic acids is 1. The molecule has 1 fully saturated rings. The fourth-order valence-corrected chi connectivity index (χ4v) is 3.88. The van der Waals surface area contributed by atoms with Crippen LogP contribution < -0.4 is 5.32 Å². The van der Waals surface area contributed by atoms with E-state index in [9.17, 15) is 27.2 Å². The molecule has 6 nitrogen and oxygen atoms in total. The minimum atomic E-state index is -4.99. The first kappa shape index (κ1) is 24.7. The first-order valence-electron chi connectivity index (χ1n) is 9.98. The molecular weight excluding hydrogens is 420 g/mol. The zero-order valence-corrected chi connectivity index (χ0v) is 18.1. The molecule has 2 rings (SSSR count). The summed E-state index contributed by atoms with van der Waals surface area (Å²) >= 11 is 0. The zero-order chi connectivity index (χ0) is 23.7. The minimum absolute atomic E-state index is 0.0781. The van der Waals surface area contributed by atoms with Crippen LogP contribution in [0.3, 0.4) is 0 Å². The number of carbonyl (C=O) groups is 2. The number of anilines is 1. The molecule has 0 radical (unpaired) electrons. The van der Waals surface area contributed by atoms with E-state index in [0.29, 0.717) is 25.6 Å². The summed E-state index contributed by atoms with van der Waals surface area (Å²) in [7, 11) is 0. The summed E-state index contributed by atoms with van der Waals surface area (Å²) in [6, 6.07) is 0.633. The smallest absolute Gasteiger partial charge is 0.421 e. The van der Waals surface area contributed by atoms with Crippen molar-refractivity contribution in [3.63, 3.8) is 0 Å². The summed E-state index contributed by atoms with van der Waals surface area (Å²) in [5.74, 6) is -3.38. The van der Waals surface area contributed by atoms with Gasteiger partial charge in [-0.2, -0.15) is 13.2 Å². The summed E-state index contributed by atoms with van der Waals surface area (Å²) < 4.78 is 59.7. The Labute approximate surface area is 178 Å². The van der Waals surface area contributed by atoms with Crippen LogP contribution in [0.25, 0.3) is 0 Å². The maximum absolute atomic E-state index is 14.1. The van der Waals surface area contributed by atoms with Crippen molar-refractivity contribution < 1.29 is 37.0 Å². The average Bonchev–Trinajstić information content (AvgIpc) is 2.58. The van der Waals surface area contributed by atoms with E-state index in [4.69, 9.17) is 9.84 Å². The van der Waals surface area contributed by atoms with Crippen LogP contribution in [0.5, 0.6) is 0 Å². The van der Waals surface area contributed by atoms with Gasteiger partial charge in [-0.05, 0) is 58.1 Å². The Morgan fingerprint density at radius 3 is 2.35 bits per heavy atom. The van der Waals surface area contributed by atoms with Gasteiger partial charge in [-0.15, -0.1) is 0 Å². The van der Waals surface area contributed by atoms with E-state index in [1.165, 1.54) is 0 Å². The number of nitrogens with zero attached hydrogens (tertiary/aromatic N) is 1. The number of benzene rings is 1. The number of alkyl halides is 3. The van der Waals surface area contributed by atoms with Crippen LogP contribution in [0.15, 0.2) is 12.1 Å². The Morgan fingerprint density at radius 2 is 1.87 bits per heavy atom. The molecule has 3 atom stereocenters. The van der Waals surface area contributed by atoms with Crippen LogP contribution in [0.1, 0.15) is 57.0 Å². The number of hydrogen-bond donors (Lipinski definition) is 2. The lowest BCUT2D eigenvalue weighted by molar-refractivity contribution is -0.139. The molecule has 31 heavy (non-hydrogen) atoms. The van der Waals surface area contributed by atoms with Gasteiger partial charge in [0.2, 0.25) is 0 Å². The molecule has 1 aromatic rings. The van der Waals surface area contributed by atoms with Gasteiger partial charge in [0.25, 0.3) is 0 Å². The van der Waals surface area contributed by atoms with Crippen molar-refractivity contribution in [3.05, 3.63) is 29.1 Å². The quantitative estimate of drug-likeness (QED) is 0.616. The predicted octanol–water partition coefficient (Wildman–Crippen LogP) is 5.24. The first-order chi connectivity index (χ1) is 14.1. The van der Waals surface area contributed by atoms with Crippen LogP contribution in [-0.4, -0.2) is 46.8 Å². The van der Waals surface area contributed by atoms with Crippen LogP contribution in [0.2, 0.25) is 0 Å². The molecule has 10 heteroatoms. The first-order valence-corrected chi connectivity index (χ1v) is 9.98. The highest BCUT2D eigenvalue weighted by Gasteiger charge is 2.39. The molecule has 1 aliphatic heterocycles. The normalized spacial score (nSPS) is 20.9. The number of carbonyl (C=O) groups excluding carboxylic acids is 1. The number of carboxylic acid groups (broad SMARTS) is 1. The number of nitrogens with one attached hydrogen (secondary N) is 1. The van der Waals surface area contributed by atoms with E-state index < -0.39 is 52.5 Å². The molecule has 0 bridgehead atoms. The summed E-state index contributed by atoms with van der Waals surface area (Å²) in [6.45, 7) is 9.54. The second kappa shape index (κ2) is 8.92. The van der Waals surface area contributed by atoms with E-state index in [1.54, 1.807) is 32.6 Å². The minimum Gasteiger partial charge on any atom is -0.478 e. The molecule has 1 aromatic carbocycles. The number of likely N-dealkylation sites (tertiary alicyclic amines) is 1. The number of halogens is 4. The van der Waals surface area contributed by atoms with Crippen molar-refractivity contribution in [3.8, 4) is 0 Å². The molecule has 1 amide bonds. The molecule has 0 spiro atoms. The Kier molecular flexibility index (Phi) is 7.12. The second-order valence-electron chi connectivity index (χ2n) is 8.97. The van der Waals surface area contributed by atoms with Gasteiger partial charge < -0.3 is 20.1 Å². The monoisotopic (exact) mass is 448 g/mol. The van der Waals surface area contributed by atoms with Crippen molar-refractivity contribution in [2.75, 3.05) is 18.4 Å². The third-order valence-electron chi connectivity index (χ3n) is 5.27. The Bertz CT molecular complexity index is 836. The summed E-state index contributed by atoms with van der Waals surface area (Å²) in [4.78, 5) is 25.0. The zero-order valence-electron chi connectivity index (χ0n) is 18.1. The van der Waals surface area contributed by atoms with Gasteiger partial charge in [0.1, 0.15) is 17.0 Å². The van der Waals surface area contributed by atoms with Gasteiger partial charge >= 0.3 is 18.2 Å². The number of amides is 1. The fourth-order valence-electron chi connectivity index (χ4n) is 3.88. The van der Waals surface area contributed by atoms with Crippen molar-refractivity contribution in [2.45, 2.75) is 58.9 Å². The Balaban J connectivity index is 2.19. The van der Waals surface area contributed by atoms with E-state index in [0.717, 1.165) is 6.07 Å². The maximum Gasteiger partial charge on any atom is 0.421 e. The van der Waals surface area contributed by atoms with Crippen LogP contribution in [-0.2, 0) is 10.9 Å². The Hall–Kier alpha value is -2.52. The van der Waals surface area contributed by atoms with Gasteiger partial charge in [-0.3, -0.25) is 0 Å². The summed E-state index contributed by atoms with van der Waals surface area (Å²) in [5, 5.41) is 11.8. The van der Waals surface area contributed by atoms with Gasteiger partial charge in [-0.1, -0.05) is 6.92 Å². The number of hydrogen-bond acceptors (Lipinski definition) is 4. The second-order valence-corrected chi connectivity index (χ2v) is 8.97. The van der Waals surface area contributed by atoms with Crippen molar-refractivity contribution in [1.82, 2.24) is 4.90 Å². The van der Waals surface area contributed by atoms with Gasteiger partial charge in [-0.25, -0.2) is 14.0 Å². The van der Waals surface area contributed by atoms with E-state index in [2.05, 4.69) is 5.32 Å². The molecule has 0 saturated carbocycles. The van der Waals surface area contributed by atoms with Crippen LogP contribution >= 0.6 is 0 Å². The van der Waals surface area contributed by atoms with Crippen LogP contribution in [0.4, 0.5) is 28.0 Å². The summed E-state index contributed by atoms with van der Waals surface area (Å²) in [5.41, 5.74) is -3.35. The SMILES string of the molecule is C[C@H](Nc1cc(C(=O)O)cc(F)c1C(F)(F)F)[C@@H]1CCN(C(=O)OC(C)(C)C)C[C@@H]1C. The highest BCUT2D eigenvalue weighted by Crippen LogP contribution is 2.39. The molecule has 174 valence electrons. The van der Waals surface area contributed by atoms with E-state index >= 15 is 0 Å². The predicted molar refractivity (Wildman–Crippen MR) is 107 cm³/mol. The largest absolute Gasteiger partial charge is 0.478 e. The topological polar surface area (TPSA) is 78.9 Å². The third kappa shape index (κ3) is 6.24. The molecule has 1 aliphatic rings. The lowest BCUT2D eigenvalue weighted by Crippen LogP contribution is -2.48.